The minimum Gasteiger partial charge on any atom is -0.325 e. The molecule has 1 amide bonds. The zero-order valence-electron chi connectivity index (χ0n) is 15.4. The van der Waals surface area contributed by atoms with Crippen LogP contribution in [0.5, 0.6) is 0 Å². The van der Waals surface area contributed by atoms with E-state index in [1.807, 2.05) is 49.6 Å². The van der Waals surface area contributed by atoms with E-state index in [1.54, 1.807) is 6.33 Å². The molecule has 0 fully saturated rings. The SMILES string of the molecule is Cc1cc(C)c(NC(=O)CSc2nncn2-c2ccccc2C)c(C)c1. The van der Waals surface area contributed by atoms with Crippen molar-refractivity contribution in [1.82, 2.24) is 14.8 Å². The molecular formula is C20H22N4OS. The third kappa shape index (κ3) is 3.96. The van der Waals surface area contributed by atoms with Crippen LogP contribution < -0.4 is 5.32 Å². The topological polar surface area (TPSA) is 59.8 Å². The number of aromatic nitrogens is 3. The van der Waals surface area contributed by atoms with Gasteiger partial charge in [-0.2, -0.15) is 0 Å². The molecule has 26 heavy (non-hydrogen) atoms. The largest absolute Gasteiger partial charge is 0.325 e. The highest BCUT2D eigenvalue weighted by Gasteiger charge is 2.13. The lowest BCUT2D eigenvalue weighted by molar-refractivity contribution is -0.113. The summed E-state index contributed by atoms with van der Waals surface area (Å²) in [6.45, 7) is 8.12. The standard InChI is InChI=1S/C20H22N4OS/c1-13-9-15(3)19(16(4)10-13)22-18(25)11-26-20-23-21-12-24(20)17-8-6-5-7-14(17)2/h5-10,12H,11H2,1-4H3,(H,22,25). The van der Waals surface area contributed by atoms with Gasteiger partial charge >= 0.3 is 0 Å². The molecule has 5 nitrogen and oxygen atoms in total. The second-order valence-corrected chi connectivity index (χ2v) is 7.32. The molecule has 1 heterocycles. The molecule has 0 spiro atoms. The number of nitrogens with zero attached hydrogens (tertiary/aromatic N) is 3. The Morgan fingerprint density at radius 3 is 2.46 bits per heavy atom. The molecule has 0 atom stereocenters. The van der Waals surface area contributed by atoms with Crippen LogP contribution in [0.15, 0.2) is 47.9 Å². The van der Waals surface area contributed by atoms with E-state index >= 15 is 0 Å². The van der Waals surface area contributed by atoms with Crippen molar-refractivity contribution in [2.24, 2.45) is 0 Å². The molecule has 3 aromatic rings. The van der Waals surface area contributed by atoms with Crippen molar-refractivity contribution in [2.45, 2.75) is 32.9 Å². The van der Waals surface area contributed by atoms with E-state index in [1.165, 1.54) is 17.3 Å². The first kappa shape index (κ1) is 18.2. The van der Waals surface area contributed by atoms with E-state index < -0.39 is 0 Å². The molecule has 6 heteroatoms. The van der Waals surface area contributed by atoms with Gasteiger partial charge in [0.1, 0.15) is 6.33 Å². The summed E-state index contributed by atoms with van der Waals surface area (Å²) >= 11 is 1.38. The van der Waals surface area contributed by atoms with E-state index in [0.717, 1.165) is 28.1 Å². The number of rotatable bonds is 5. The molecule has 0 aliphatic carbocycles. The van der Waals surface area contributed by atoms with Crippen LogP contribution in [-0.4, -0.2) is 26.4 Å². The highest BCUT2D eigenvalue weighted by Crippen LogP contribution is 2.24. The number of carbonyl (C=O) groups excluding carboxylic acids is 1. The number of nitrogens with one attached hydrogen (secondary N) is 1. The number of amides is 1. The number of benzene rings is 2. The summed E-state index contributed by atoms with van der Waals surface area (Å²) in [5.41, 5.74) is 6.38. The van der Waals surface area contributed by atoms with Crippen LogP contribution in [0.1, 0.15) is 22.3 Å². The number of anilines is 1. The van der Waals surface area contributed by atoms with Crippen molar-refractivity contribution in [1.29, 1.82) is 0 Å². The lowest BCUT2D eigenvalue weighted by atomic mass is 10.1. The van der Waals surface area contributed by atoms with E-state index in [9.17, 15) is 4.79 Å². The van der Waals surface area contributed by atoms with Gasteiger partial charge in [0.2, 0.25) is 5.91 Å². The summed E-state index contributed by atoms with van der Waals surface area (Å²) in [5, 5.41) is 11.9. The normalized spacial score (nSPS) is 10.8. The van der Waals surface area contributed by atoms with E-state index in [2.05, 4.69) is 34.6 Å². The van der Waals surface area contributed by atoms with Crippen LogP contribution in [0.3, 0.4) is 0 Å². The first-order valence-corrected chi connectivity index (χ1v) is 9.41. The van der Waals surface area contributed by atoms with Crippen LogP contribution >= 0.6 is 11.8 Å². The van der Waals surface area contributed by atoms with Gasteiger partial charge in [0, 0.05) is 5.69 Å². The Labute approximate surface area is 157 Å². The minimum absolute atomic E-state index is 0.0515. The minimum atomic E-state index is -0.0515. The van der Waals surface area contributed by atoms with Crippen molar-refractivity contribution in [3.8, 4) is 5.69 Å². The average Bonchev–Trinajstić information content (AvgIpc) is 3.05. The maximum Gasteiger partial charge on any atom is 0.234 e. The summed E-state index contributed by atoms with van der Waals surface area (Å²) < 4.78 is 1.91. The van der Waals surface area contributed by atoms with E-state index in [0.29, 0.717) is 5.16 Å². The Bertz CT molecular complexity index is 925. The Morgan fingerprint density at radius 1 is 1.08 bits per heavy atom. The summed E-state index contributed by atoms with van der Waals surface area (Å²) in [6, 6.07) is 12.2. The fourth-order valence-electron chi connectivity index (χ4n) is 3.00. The second kappa shape index (κ2) is 7.74. The summed E-state index contributed by atoms with van der Waals surface area (Å²) in [4.78, 5) is 12.4. The number of aryl methyl sites for hydroxylation is 4. The van der Waals surface area contributed by atoms with Gasteiger partial charge in [-0.25, -0.2) is 0 Å². The molecule has 1 aromatic heterocycles. The lowest BCUT2D eigenvalue weighted by Gasteiger charge is -2.13. The molecule has 0 radical (unpaired) electrons. The van der Waals surface area contributed by atoms with E-state index in [-0.39, 0.29) is 11.7 Å². The molecule has 134 valence electrons. The van der Waals surface area contributed by atoms with Gasteiger partial charge < -0.3 is 5.32 Å². The first-order chi connectivity index (χ1) is 12.5. The number of hydrogen-bond acceptors (Lipinski definition) is 4. The highest BCUT2D eigenvalue weighted by atomic mass is 32.2. The predicted octanol–water partition coefficient (Wildman–Crippen LogP) is 4.23. The quantitative estimate of drug-likeness (QED) is 0.687. The van der Waals surface area contributed by atoms with Gasteiger partial charge in [0.15, 0.2) is 5.16 Å². The zero-order chi connectivity index (χ0) is 18.7. The van der Waals surface area contributed by atoms with Crippen LogP contribution in [0.4, 0.5) is 5.69 Å². The number of carbonyl (C=O) groups is 1. The van der Waals surface area contributed by atoms with Crippen molar-refractivity contribution in [2.75, 3.05) is 11.1 Å². The monoisotopic (exact) mass is 366 g/mol. The zero-order valence-corrected chi connectivity index (χ0v) is 16.2. The fraction of sp³-hybridized carbons (Fsp3) is 0.250. The molecule has 0 bridgehead atoms. The molecule has 0 unspecified atom stereocenters. The lowest BCUT2D eigenvalue weighted by Crippen LogP contribution is -2.16. The Kier molecular flexibility index (Phi) is 5.42. The summed E-state index contributed by atoms with van der Waals surface area (Å²) in [7, 11) is 0. The van der Waals surface area contributed by atoms with Gasteiger partial charge in [-0.15, -0.1) is 10.2 Å². The van der Waals surface area contributed by atoms with Gasteiger partial charge in [-0.3, -0.25) is 9.36 Å². The first-order valence-electron chi connectivity index (χ1n) is 8.42. The van der Waals surface area contributed by atoms with Crippen LogP contribution in [0, 0.1) is 27.7 Å². The maximum atomic E-state index is 12.4. The Balaban J connectivity index is 1.70. The average molecular weight is 366 g/mol. The van der Waals surface area contributed by atoms with Crippen LogP contribution in [0.25, 0.3) is 5.69 Å². The third-order valence-corrected chi connectivity index (χ3v) is 5.11. The third-order valence-electron chi connectivity index (χ3n) is 4.17. The van der Waals surface area contributed by atoms with Crippen LogP contribution in [-0.2, 0) is 4.79 Å². The van der Waals surface area contributed by atoms with Crippen molar-refractivity contribution < 1.29 is 4.79 Å². The molecule has 0 saturated carbocycles. The summed E-state index contributed by atoms with van der Waals surface area (Å²) in [6.07, 6.45) is 1.68. The van der Waals surface area contributed by atoms with Crippen molar-refractivity contribution in [3.63, 3.8) is 0 Å². The van der Waals surface area contributed by atoms with Gasteiger partial charge in [0.25, 0.3) is 0 Å². The molecule has 1 N–H and O–H groups in total. The highest BCUT2D eigenvalue weighted by molar-refractivity contribution is 7.99. The van der Waals surface area contributed by atoms with Gasteiger partial charge in [-0.05, 0) is 50.5 Å². The molecule has 0 saturated heterocycles. The summed E-state index contributed by atoms with van der Waals surface area (Å²) in [5.74, 6) is 0.224. The van der Waals surface area contributed by atoms with E-state index in [4.69, 9.17) is 0 Å². The predicted molar refractivity (Wildman–Crippen MR) is 106 cm³/mol. The molecule has 2 aromatic carbocycles. The second-order valence-electron chi connectivity index (χ2n) is 6.38. The fourth-order valence-corrected chi connectivity index (χ4v) is 3.73. The number of para-hydroxylation sites is 1. The van der Waals surface area contributed by atoms with Crippen molar-refractivity contribution >= 4 is 23.4 Å². The molecule has 0 aliphatic heterocycles. The van der Waals surface area contributed by atoms with Gasteiger partial charge in [0.05, 0.1) is 11.4 Å². The number of thioether (sulfide) groups is 1. The van der Waals surface area contributed by atoms with Gasteiger partial charge in [-0.1, -0.05) is 47.7 Å². The van der Waals surface area contributed by atoms with Crippen molar-refractivity contribution in [3.05, 3.63) is 65.0 Å². The maximum absolute atomic E-state index is 12.4. The molecular weight excluding hydrogens is 344 g/mol. The molecule has 0 aliphatic rings. The Morgan fingerprint density at radius 2 is 1.77 bits per heavy atom. The molecule has 3 rings (SSSR count). The van der Waals surface area contributed by atoms with Crippen LogP contribution in [0.2, 0.25) is 0 Å². The smallest absolute Gasteiger partial charge is 0.234 e. The number of hydrogen-bond donors (Lipinski definition) is 1. The Hall–Kier alpha value is -2.60.